The number of H-pyrrole nitrogens is 1. The number of aromatic amines is 1. The van der Waals surface area contributed by atoms with Gasteiger partial charge >= 0.3 is 6.09 Å². The normalized spacial score (nSPS) is 23.3. The molecule has 1 fully saturated rings. The maximum Gasteiger partial charge on any atom is 0.416 e. The molecular formula is C30H30Cl2N2O5. The lowest BCUT2D eigenvalue weighted by atomic mass is 9.92. The summed E-state index contributed by atoms with van der Waals surface area (Å²) in [6.07, 6.45) is 5.15. The van der Waals surface area contributed by atoms with Crippen molar-refractivity contribution in [1.29, 1.82) is 0 Å². The molecule has 39 heavy (non-hydrogen) atoms. The molecule has 3 aliphatic rings. The molecule has 1 amide bonds. The van der Waals surface area contributed by atoms with Crippen molar-refractivity contribution < 1.29 is 23.7 Å². The zero-order valence-electron chi connectivity index (χ0n) is 21.8. The Balaban J connectivity index is 1.29. The summed E-state index contributed by atoms with van der Waals surface area (Å²) in [7, 11) is 0. The average molecular weight is 569 g/mol. The fourth-order valence-corrected chi connectivity index (χ4v) is 5.77. The van der Waals surface area contributed by atoms with Crippen LogP contribution >= 0.6 is 23.2 Å². The second-order valence-electron chi connectivity index (χ2n) is 10.5. The van der Waals surface area contributed by atoms with Crippen molar-refractivity contribution in [3.63, 3.8) is 0 Å². The Morgan fingerprint density at radius 3 is 2.59 bits per heavy atom. The highest BCUT2D eigenvalue weighted by Gasteiger charge is 2.36. The molecule has 1 aliphatic carbocycles. The summed E-state index contributed by atoms with van der Waals surface area (Å²) in [6.45, 7) is 5.18. The molecule has 1 N–H and O–H groups in total. The molecule has 1 aromatic heterocycles. The fourth-order valence-electron chi connectivity index (χ4n) is 5.43. The molecule has 6 rings (SSSR count). The van der Waals surface area contributed by atoms with E-state index in [-0.39, 0.29) is 17.5 Å². The quantitative estimate of drug-likeness (QED) is 0.442. The van der Waals surface area contributed by atoms with E-state index in [1.807, 2.05) is 38.1 Å². The summed E-state index contributed by atoms with van der Waals surface area (Å²) in [5.41, 5.74) is 3.11. The van der Waals surface area contributed by atoms with Gasteiger partial charge in [0.15, 0.2) is 5.79 Å². The number of carbonyl (C=O) groups excluding carboxylic acids is 1. The first-order valence-electron chi connectivity index (χ1n) is 13.1. The van der Waals surface area contributed by atoms with Gasteiger partial charge in [-0.25, -0.2) is 4.79 Å². The Bertz CT molecular complexity index is 1480. The molecule has 3 atom stereocenters. The van der Waals surface area contributed by atoms with Crippen molar-refractivity contribution in [2.75, 3.05) is 19.8 Å². The number of fused-ring (bicyclic) bond motifs is 3. The van der Waals surface area contributed by atoms with Crippen molar-refractivity contribution in [2.24, 2.45) is 0 Å². The van der Waals surface area contributed by atoms with Gasteiger partial charge in [-0.15, -0.1) is 11.6 Å². The van der Waals surface area contributed by atoms with E-state index in [2.05, 4.69) is 17.1 Å². The van der Waals surface area contributed by atoms with E-state index in [1.165, 1.54) is 5.56 Å². The Hall–Kier alpha value is -2.97. The van der Waals surface area contributed by atoms with Gasteiger partial charge in [0.25, 0.3) is 0 Å². The largest absolute Gasteiger partial charge is 0.491 e. The van der Waals surface area contributed by atoms with Crippen molar-refractivity contribution in [2.45, 2.75) is 50.0 Å². The molecule has 0 spiro atoms. The molecule has 0 bridgehead atoms. The summed E-state index contributed by atoms with van der Waals surface area (Å²) in [5.74, 6) is 0.570. The summed E-state index contributed by atoms with van der Waals surface area (Å²) >= 11 is 12.5. The average Bonchev–Trinajstić information content (AvgIpc) is 3.47. The first-order chi connectivity index (χ1) is 18.8. The van der Waals surface area contributed by atoms with E-state index in [1.54, 1.807) is 29.2 Å². The van der Waals surface area contributed by atoms with E-state index in [4.69, 9.17) is 42.1 Å². The molecule has 1 saturated heterocycles. The van der Waals surface area contributed by atoms with Crippen molar-refractivity contribution in [3.8, 4) is 11.5 Å². The molecule has 2 aliphatic heterocycles. The van der Waals surface area contributed by atoms with Crippen LogP contribution in [0.25, 0.3) is 12.2 Å². The lowest BCUT2D eigenvalue weighted by Crippen LogP contribution is -2.43. The fraction of sp³-hybridized carbons (Fsp3) is 0.367. The molecule has 0 saturated carbocycles. The summed E-state index contributed by atoms with van der Waals surface area (Å²) < 4.78 is 23.2. The van der Waals surface area contributed by atoms with E-state index in [0.29, 0.717) is 37.0 Å². The van der Waals surface area contributed by atoms with Gasteiger partial charge in [0.1, 0.15) is 30.3 Å². The molecule has 1 unspecified atom stereocenters. The molecule has 7 nitrogen and oxygen atoms in total. The molecular weight excluding hydrogens is 539 g/mol. The van der Waals surface area contributed by atoms with Crippen LogP contribution in [0, 0.1) is 0 Å². The number of amides is 1. The molecule has 204 valence electrons. The number of hydrogen-bond acceptors (Lipinski definition) is 5. The molecule has 0 radical (unpaired) electrons. The Morgan fingerprint density at radius 2 is 1.87 bits per heavy atom. The third kappa shape index (κ3) is 5.54. The number of halogens is 2. The van der Waals surface area contributed by atoms with E-state index >= 15 is 0 Å². The molecule has 9 heteroatoms. The van der Waals surface area contributed by atoms with E-state index in [9.17, 15) is 4.79 Å². The van der Waals surface area contributed by atoms with Crippen LogP contribution in [0.1, 0.15) is 43.1 Å². The highest BCUT2D eigenvalue weighted by atomic mass is 35.5. The number of alkyl halides is 1. The minimum Gasteiger partial charge on any atom is -0.491 e. The van der Waals surface area contributed by atoms with Gasteiger partial charge in [0, 0.05) is 27.8 Å². The van der Waals surface area contributed by atoms with Crippen LogP contribution in [0.4, 0.5) is 4.79 Å². The number of rotatable bonds is 5. The molecule has 3 heterocycles. The van der Waals surface area contributed by atoms with Gasteiger partial charge in [-0.05, 0) is 74.2 Å². The maximum atomic E-state index is 13.5. The monoisotopic (exact) mass is 568 g/mol. The molecule has 3 aromatic rings. The van der Waals surface area contributed by atoms with Crippen LogP contribution in [0.15, 0.2) is 48.5 Å². The SMILES string of the molecule is CC1(C)OC[C@H](COc2ccc([C@H]3c4[nH]c5c(c4CCN3C(=O)Oc3ccc(Cl)cc3)=CC(Cl)CC=5)cc2)O1. The van der Waals surface area contributed by atoms with Gasteiger partial charge in [0.05, 0.1) is 12.0 Å². The second-order valence-corrected chi connectivity index (χ2v) is 11.5. The third-order valence-corrected chi connectivity index (χ3v) is 7.80. The minimum atomic E-state index is -0.589. The van der Waals surface area contributed by atoms with E-state index in [0.717, 1.165) is 34.0 Å². The summed E-state index contributed by atoms with van der Waals surface area (Å²) in [6, 6.07) is 14.2. The van der Waals surface area contributed by atoms with E-state index < -0.39 is 11.9 Å². The first-order valence-corrected chi connectivity index (χ1v) is 13.9. The zero-order chi connectivity index (χ0) is 27.1. The highest BCUT2D eigenvalue weighted by molar-refractivity contribution is 6.30. The zero-order valence-corrected chi connectivity index (χ0v) is 23.3. The topological polar surface area (TPSA) is 73.0 Å². The number of nitrogens with zero attached hydrogens (tertiary/aromatic N) is 1. The van der Waals surface area contributed by atoms with Gasteiger partial charge in [-0.2, -0.15) is 0 Å². The second kappa shape index (κ2) is 10.5. The van der Waals surface area contributed by atoms with Crippen LogP contribution in [0.3, 0.4) is 0 Å². The van der Waals surface area contributed by atoms with Gasteiger partial charge in [-0.1, -0.05) is 35.9 Å². The lowest BCUT2D eigenvalue weighted by Gasteiger charge is -2.35. The Morgan fingerprint density at radius 1 is 1.13 bits per heavy atom. The van der Waals surface area contributed by atoms with Crippen LogP contribution in [0.5, 0.6) is 11.5 Å². The molecule has 2 aromatic carbocycles. The van der Waals surface area contributed by atoms with Crippen LogP contribution < -0.4 is 20.0 Å². The predicted octanol–water partition coefficient (Wildman–Crippen LogP) is 4.92. The van der Waals surface area contributed by atoms with Gasteiger partial charge in [0.2, 0.25) is 0 Å². The highest BCUT2D eigenvalue weighted by Crippen LogP contribution is 2.35. The number of benzene rings is 2. The number of aromatic nitrogens is 1. The number of nitrogens with one attached hydrogen (secondary N) is 1. The standard InChI is InChI=1S/C30H30Cl2N2O5/c1-30(2)37-17-23(39-30)16-36-21-8-3-18(4-9-21)28-27-24(25-15-20(32)7-12-26(25)33-27)13-14-34(28)29(35)38-22-10-5-19(31)6-11-22/h3-6,8-12,15,20,23,28,33H,7,13-14,16-17H2,1-2H3/t20?,23-,28-/m0/s1. The third-order valence-electron chi connectivity index (χ3n) is 7.24. The van der Waals surface area contributed by atoms with Crippen LogP contribution in [-0.4, -0.2) is 53.0 Å². The van der Waals surface area contributed by atoms with Crippen molar-refractivity contribution >= 4 is 41.4 Å². The first kappa shape index (κ1) is 26.3. The predicted molar refractivity (Wildman–Crippen MR) is 150 cm³/mol. The van der Waals surface area contributed by atoms with Crippen LogP contribution in [-0.2, 0) is 15.9 Å². The van der Waals surface area contributed by atoms with Crippen LogP contribution in [0.2, 0.25) is 5.02 Å². The number of carbonyl (C=O) groups is 1. The number of hydrogen-bond donors (Lipinski definition) is 1. The maximum absolute atomic E-state index is 13.5. The van der Waals surface area contributed by atoms with Crippen molar-refractivity contribution in [1.82, 2.24) is 9.88 Å². The van der Waals surface area contributed by atoms with Crippen molar-refractivity contribution in [3.05, 3.63) is 80.9 Å². The smallest absolute Gasteiger partial charge is 0.416 e. The van der Waals surface area contributed by atoms with Gasteiger partial charge < -0.3 is 23.9 Å². The lowest BCUT2D eigenvalue weighted by molar-refractivity contribution is -0.141. The minimum absolute atomic E-state index is 0.0417. The summed E-state index contributed by atoms with van der Waals surface area (Å²) in [5, 5.41) is 2.72. The van der Waals surface area contributed by atoms with Gasteiger partial charge in [-0.3, -0.25) is 4.90 Å². The number of ether oxygens (including phenoxy) is 4. The Labute approximate surface area is 236 Å². The Kier molecular flexibility index (Phi) is 7.10. The summed E-state index contributed by atoms with van der Waals surface area (Å²) in [4.78, 5) is 18.8.